The molecule has 1 fully saturated rings. The van der Waals surface area contributed by atoms with Gasteiger partial charge in [-0.05, 0) is 43.4 Å². The van der Waals surface area contributed by atoms with Crippen molar-refractivity contribution < 1.29 is 9.59 Å². The lowest BCUT2D eigenvalue weighted by Gasteiger charge is -2.32. The molecule has 4 nitrogen and oxygen atoms in total. The zero-order valence-corrected chi connectivity index (χ0v) is 14.6. The highest BCUT2D eigenvalue weighted by Gasteiger charge is 2.29. The smallest absolute Gasteiger partial charge is 0.255 e. The van der Waals surface area contributed by atoms with Gasteiger partial charge in [0.15, 0.2) is 0 Å². The number of hydrogen-bond acceptors (Lipinski definition) is 3. The van der Waals surface area contributed by atoms with E-state index < -0.39 is 0 Å². The van der Waals surface area contributed by atoms with E-state index in [2.05, 4.69) is 17.1 Å². The number of nitrogens with zero attached hydrogens (tertiary/aromatic N) is 2. The average Bonchev–Trinajstić information content (AvgIpc) is 2.67. The van der Waals surface area contributed by atoms with Crippen LogP contribution in [0.4, 0.5) is 0 Å². The molecule has 1 aromatic heterocycles. The molecule has 1 saturated heterocycles. The molecule has 0 bridgehead atoms. The quantitative estimate of drug-likeness (QED) is 0.840. The van der Waals surface area contributed by atoms with Crippen LogP contribution in [-0.4, -0.2) is 34.7 Å². The Morgan fingerprint density at radius 2 is 2.00 bits per heavy atom. The zero-order valence-electron chi connectivity index (χ0n) is 14.6. The van der Waals surface area contributed by atoms with Crippen molar-refractivity contribution in [2.75, 3.05) is 13.1 Å². The van der Waals surface area contributed by atoms with Gasteiger partial charge in [0, 0.05) is 37.8 Å². The van der Waals surface area contributed by atoms with Gasteiger partial charge in [0.1, 0.15) is 5.78 Å². The van der Waals surface area contributed by atoms with Crippen molar-refractivity contribution in [1.29, 1.82) is 0 Å². The molecule has 0 radical (unpaired) electrons. The molecule has 2 heterocycles. The second-order valence-corrected chi connectivity index (χ2v) is 6.73. The van der Waals surface area contributed by atoms with E-state index in [0.717, 1.165) is 31.4 Å². The fraction of sp³-hybridized carbons (Fsp3) is 0.381. The number of carbonyl (C=O) groups excluding carboxylic acids is 2. The number of rotatable bonds is 5. The van der Waals surface area contributed by atoms with E-state index in [1.807, 2.05) is 36.1 Å². The molecular weight excluding hydrogens is 312 g/mol. The molecule has 4 heteroatoms. The van der Waals surface area contributed by atoms with Gasteiger partial charge in [-0.1, -0.05) is 30.3 Å². The van der Waals surface area contributed by atoms with Gasteiger partial charge >= 0.3 is 0 Å². The van der Waals surface area contributed by atoms with Crippen molar-refractivity contribution in [3.8, 4) is 0 Å². The van der Waals surface area contributed by atoms with E-state index in [-0.39, 0.29) is 17.6 Å². The lowest BCUT2D eigenvalue weighted by molar-refractivity contribution is -0.124. The summed E-state index contributed by atoms with van der Waals surface area (Å²) in [6.07, 6.45) is 6.39. The molecule has 3 rings (SSSR count). The monoisotopic (exact) mass is 336 g/mol. The lowest BCUT2D eigenvalue weighted by Crippen LogP contribution is -2.42. The number of amides is 1. The Kier molecular flexibility index (Phi) is 5.59. The number of likely N-dealkylation sites (tertiary alicyclic amines) is 1. The van der Waals surface area contributed by atoms with Gasteiger partial charge < -0.3 is 4.90 Å². The predicted octanol–water partition coefficient (Wildman–Crippen LogP) is 3.44. The maximum absolute atomic E-state index is 12.7. The van der Waals surface area contributed by atoms with Crippen molar-refractivity contribution in [1.82, 2.24) is 9.88 Å². The maximum Gasteiger partial charge on any atom is 0.255 e. The summed E-state index contributed by atoms with van der Waals surface area (Å²) in [5.74, 6) is 0.216. The topological polar surface area (TPSA) is 50.3 Å². The minimum absolute atomic E-state index is 0.00819. The first-order valence-corrected chi connectivity index (χ1v) is 8.91. The highest BCUT2D eigenvalue weighted by Crippen LogP contribution is 2.22. The minimum Gasteiger partial charge on any atom is -0.338 e. The Morgan fingerprint density at radius 3 is 2.76 bits per heavy atom. The first-order chi connectivity index (χ1) is 12.1. The molecule has 0 saturated carbocycles. The largest absolute Gasteiger partial charge is 0.338 e. The van der Waals surface area contributed by atoms with E-state index in [1.54, 1.807) is 12.4 Å². The summed E-state index contributed by atoms with van der Waals surface area (Å²) in [5, 5.41) is 0. The van der Waals surface area contributed by atoms with E-state index in [9.17, 15) is 9.59 Å². The van der Waals surface area contributed by atoms with Gasteiger partial charge in [0.25, 0.3) is 5.91 Å². The van der Waals surface area contributed by atoms with Gasteiger partial charge in [-0.25, -0.2) is 0 Å². The number of hydrogen-bond donors (Lipinski definition) is 0. The molecule has 2 aromatic rings. The third kappa shape index (κ3) is 4.32. The van der Waals surface area contributed by atoms with Gasteiger partial charge in [-0.3, -0.25) is 14.6 Å². The summed E-state index contributed by atoms with van der Waals surface area (Å²) in [7, 11) is 0. The van der Waals surface area contributed by atoms with Crippen molar-refractivity contribution in [2.24, 2.45) is 5.92 Å². The van der Waals surface area contributed by atoms with Crippen LogP contribution in [-0.2, 0) is 11.2 Å². The number of ketones is 1. The summed E-state index contributed by atoms with van der Waals surface area (Å²) >= 11 is 0. The van der Waals surface area contributed by atoms with E-state index >= 15 is 0 Å². The van der Waals surface area contributed by atoms with Crippen LogP contribution in [0, 0.1) is 12.8 Å². The van der Waals surface area contributed by atoms with Crippen LogP contribution in [0.5, 0.6) is 0 Å². The molecule has 0 spiro atoms. The van der Waals surface area contributed by atoms with Gasteiger partial charge in [0.05, 0.1) is 5.56 Å². The van der Waals surface area contributed by atoms with Crippen LogP contribution in [0.1, 0.15) is 40.7 Å². The Bertz CT molecular complexity index is 743. The van der Waals surface area contributed by atoms with Crippen LogP contribution in [0.3, 0.4) is 0 Å². The predicted molar refractivity (Wildman–Crippen MR) is 97.4 cm³/mol. The van der Waals surface area contributed by atoms with Gasteiger partial charge in [-0.2, -0.15) is 0 Å². The standard InChI is InChI=1S/C21H24N2O2/c1-16-11-12-22-14-19(16)21(25)23-13-5-8-18(15-23)20(24)10-9-17-6-3-2-4-7-17/h2-4,6-7,11-12,14,18H,5,8-10,13,15H2,1H3/t18-/m0/s1. The summed E-state index contributed by atoms with van der Waals surface area (Å²) in [6.45, 7) is 3.16. The highest BCUT2D eigenvalue weighted by molar-refractivity contribution is 5.95. The number of carbonyl (C=O) groups is 2. The van der Waals surface area contributed by atoms with Crippen LogP contribution in [0.2, 0.25) is 0 Å². The summed E-state index contributed by atoms with van der Waals surface area (Å²) in [4.78, 5) is 31.2. The van der Waals surface area contributed by atoms with Crippen LogP contribution < -0.4 is 0 Å². The number of piperidine rings is 1. The highest BCUT2D eigenvalue weighted by atomic mass is 16.2. The molecule has 0 aliphatic carbocycles. The fourth-order valence-corrected chi connectivity index (χ4v) is 3.40. The molecular formula is C21H24N2O2. The molecule has 1 atom stereocenters. The molecule has 1 aromatic carbocycles. The Hall–Kier alpha value is -2.49. The number of aromatic nitrogens is 1. The van der Waals surface area contributed by atoms with Crippen LogP contribution in [0.15, 0.2) is 48.8 Å². The van der Waals surface area contributed by atoms with Crippen molar-refractivity contribution in [3.05, 3.63) is 65.5 Å². The van der Waals surface area contributed by atoms with Crippen molar-refractivity contribution in [2.45, 2.75) is 32.6 Å². The summed E-state index contributed by atoms with van der Waals surface area (Å²) < 4.78 is 0. The number of pyridine rings is 1. The lowest BCUT2D eigenvalue weighted by atomic mass is 9.90. The second kappa shape index (κ2) is 8.06. The number of aryl methyl sites for hydroxylation is 2. The molecule has 1 amide bonds. The van der Waals surface area contributed by atoms with Crippen molar-refractivity contribution >= 4 is 11.7 Å². The third-order valence-electron chi connectivity index (χ3n) is 4.94. The summed E-state index contributed by atoms with van der Waals surface area (Å²) in [5.41, 5.74) is 2.75. The molecule has 1 aliphatic heterocycles. The molecule has 0 N–H and O–H groups in total. The Balaban J connectivity index is 1.60. The molecule has 130 valence electrons. The van der Waals surface area contributed by atoms with E-state index in [4.69, 9.17) is 0 Å². The van der Waals surface area contributed by atoms with Gasteiger partial charge in [0.2, 0.25) is 0 Å². The zero-order chi connectivity index (χ0) is 17.6. The third-order valence-corrected chi connectivity index (χ3v) is 4.94. The van der Waals surface area contributed by atoms with Crippen LogP contribution in [0.25, 0.3) is 0 Å². The normalized spacial score (nSPS) is 17.3. The summed E-state index contributed by atoms with van der Waals surface area (Å²) in [6, 6.07) is 11.9. The van der Waals surface area contributed by atoms with Crippen molar-refractivity contribution in [3.63, 3.8) is 0 Å². The van der Waals surface area contributed by atoms with Gasteiger partial charge in [-0.15, -0.1) is 0 Å². The second-order valence-electron chi connectivity index (χ2n) is 6.73. The molecule has 1 aliphatic rings. The fourth-order valence-electron chi connectivity index (χ4n) is 3.40. The number of Topliss-reactive ketones (excluding diaryl/α,β-unsaturated/α-hetero) is 1. The SMILES string of the molecule is Cc1ccncc1C(=O)N1CCC[C@H](C(=O)CCc2ccccc2)C1. The Morgan fingerprint density at radius 1 is 1.20 bits per heavy atom. The molecule has 0 unspecified atom stereocenters. The van der Waals surface area contributed by atoms with Crippen LogP contribution >= 0.6 is 0 Å². The first kappa shape index (κ1) is 17.3. The number of benzene rings is 1. The van der Waals surface area contributed by atoms with E-state index in [0.29, 0.717) is 18.5 Å². The Labute approximate surface area is 148 Å². The maximum atomic E-state index is 12.7. The van der Waals surface area contributed by atoms with E-state index in [1.165, 1.54) is 5.56 Å². The molecule has 25 heavy (non-hydrogen) atoms. The average molecular weight is 336 g/mol. The minimum atomic E-state index is -0.0432. The first-order valence-electron chi connectivity index (χ1n) is 8.91.